The fourth-order valence-corrected chi connectivity index (χ4v) is 4.35. The van der Waals surface area contributed by atoms with Crippen molar-refractivity contribution in [2.45, 2.75) is 50.6 Å². The largest absolute Gasteiger partial charge is 0.384 e. The van der Waals surface area contributed by atoms with E-state index in [2.05, 4.69) is 9.82 Å². The summed E-state index contributed by atoms with van der Waals surface area (Å²) in [5.74, 6) is 0. The molecule has 120 valence electrons. The topological polar surface area (TPSA) is 73.2 Å². The first-order valence-electron chi connectivity index (χ1n) is 7.53. The molecule has 1 aromatic heterocycles. The maximum Gasteiger partial charge on any atom is 0.257 e. The molecule has 1 aliphatic carbocycles. The lowest BCUT2D eigenvalue weighted by Crippen LogP contribution is -2.39. The number of hydrogen-bond acceptors (Lipinski definition) is 4. The van der Waals surface area contributed by atoms with Crippen LogP contribution in [0.5, 0.6) is 0 Å². The molecule has 0 atom stereocenters. The minimum absolute atomic E-state index is 0.0581. The maximum atomic E-state index is 12.5. The van der Waals surface area contributed by atoms with Gasteiger partial charge in [-0.1, -0.05) is 19.8 Å². The Labute approximate surface area is 126 Å². The Morgan fingerprint density at radius 1 is 1.43 bits per heavy atom. The lowest BCUT2D eigenvalue weighted by atomic mass is 9.87. The molecule has 0 saturated heterocycles. The third-order valence-corrected chi connectivity index (χ3v) is 5.56. The van der Waals surface area contributed by atoms with Crippen molar-refractivity contribution in [1.29, 1.82) is 0 Å². The highest BCUT2D eigenvalue weighted by Gasteiger charge is 2.35. The summed E-state index contributed by atoms with van der Waals surface area (Å²) in [4.78, 5) is 0. The van der Waals surface area contributed by atoms with Crippen molar-refractivity contribution in [2.75, 3.05) is 20.3 Å². The quantitative estimate of drug-likeness (QED) is 0.793. The van der Waals surface area contributed by atoms with E-state index in [0.29, 0.717) is 19.7 Å². The predicted octanol–water partition coefficient (Wildman–Crippen LogP) is 1.78. The number of nitrogens with one attached hydrogen (secondary N) is 1. The fraction of sp³-hybridized carbons (Fsp3) is 0.786. The van der Waals surface area contributed by atoms with Gasteiger partial charge in [0.2, 0.25) is 0 Å². The van der Waals surface area contributed by atoms with Gasteiger partial charge in [-0.15, -0.1) is 0 Å². The highest BCUT2D eigenvalue weighted by atomic mass is 32.2. The average Bonchev–Trinajstić information content (AvgIpc) is 3.08. The number of aryl methyl sites for hydroxylation is 1. The van der Waals surface area contributed by atoms with Crippen LogP contribution in [0.3, 0.4) is 0 Å². The summed E-state index contributed by atoms with van der Waals surface area (Å²) >= 11 is 0. The van der Waals surface area contributed by atoms with E-state index in [-0.39, 0.29) is 10.4 Å². The lowest BCUT2D eigenvalue weighted by molar-refractivity contribution is 0.0867. The van der Waals surface area contributed by atoms with Gasteiger partial charge in [-0.05, 0) is 25.3 Å². The second-order valence-electron chi connectivity index (χ2n) is 5.86. The van der Waals surface area contributed by atoms with E-state index < -0.39 is 10.0 Å². The first-order valence-corrected chi connectivity index (χ1v) is 9.02. The normalized spacial score (nSPS) is 18.2. The number of hydrogen-bond donors (Lipinski definition) is 1. The molecule has 7 heteroatoms. The van der Waals surface area contributed by atoms with E-state index in [0.717, 1.165) is 32.1 Å². The molecule has 1 fully saturated rings. The smallest absolute Gasteiger partial charge is 0.257 e. The van der Waals surface area contributed by atoms with Crippen LogP contribution in [-0.4, -0.2) is 38.5 Å². The van der Waals surface area contributed by atoms with E-state index in [4.69, 9.17) is 4.74 Å². The molecule has 1 N–H and O–H groups in total. The number of aromatic nitrogens is 2. The number of ether oxygens (including phenoxy) is 1. The Morgan fingerprint density at radius 3 is 2.76 bits per heavy atom. The zero-order valence-corrected chi connectivity index (χ0v) is 13.7. The minimum atomic E-state index is -3.52. The molecule has 1 aromatic rings. The molecule has 1 saturated carbocycles. The molecule has 0 amide bonds. The highest BCUT2D eigenvalue weighted by Crippen LogP contribution is 2.37. The number of nitrogens with zero attached hydrogens (tertiary/aromatic N) is 2. The van der Waals surface area contributed by atoms with Crippen molar-refractivity contribution in [3.8, 4) is 0 Å². The van der Waals surface area contributed by atoms with Gasteiger partial charge in [0.05, 0.1) is 12.8 Å². The lowest BCUT2D eigenvalue weighted by Gasteiger charge is -2.28. The first-order chi connectivity index (χ1) is 10.0. The van der Waals surface area contributed by atoms with Crippen LogP contribution in [-0.2, 0) is 21.3 Å². The van der Waals surface area contributed by atoms with Crippen molar-refractivity contribution in [1.82, 2.24) is 14.5 Å². The fourth-order valence-electron chi connectivity index (χ4n) is 3.05. The van der Waals surface area contributed by atoms with Gasteiger partial charge < -0.3 is 4.74 Å². The Hall–Kier alpha value is -0.920. The minimum Gasteiger partial charge on any atom is -0.384 e. The van der Waals surface area contributed by atoms with Gasteiger partial charge in [0, 0.05) is 25.6 Å². The van der Waals surface area contributed by atoms with Crippen LogP contribution in [0.2, 0.25) is 0 Å². The van der Waals surface area contributed by atoms with E-state index in [1.165, 1.54) is 6.20 Å². The molecule has 1 heterocycles. The maximum absolute atomic E-state index is 12.5. The monoisotopic (exact) mass is 315 g/mol. The van der Waals surface area contributed by atoms with Gasteiger partial charge in [-0.25, -0.2) is 13.1 Å². The van der Waals surface area contributed by atoms with E-state index in [1.807, 2.05) is 6.92 Å². The molecular formula is C14H25N3O3S. The van der Waals surface area contributed by atoms with Crippen LogP contribution in [0.25, 0.3) is 0 Å². The van der Waals surface area contributed by atoms with E-state index in [1.54, 1.807) is 17.9 Å². The van der Waals surface area contributed by atoms with Crippen LogP contribution < -0.4 is 4.72 Å². The van der Waals surface area contributed by atoms with Crippen LogP contribution in [0.4, 0.5) is 0 Å². The van der Waals surface area contributed by atoms with Gasteiger partial charge in [-0.2, -0.15) is 5.10 Å². The van der Waals surface area contributed by atoms with Crippen LogP contribution in [0.1, 0.15) is 39.0 Å². The third-order valence-electron chi connectivity index (χ3n) is 4.14. The van der Waals surface area contributed by atoms with Crippen molar-refractivity contribution in [3.05, 3.63) is 12.3 Å². The van der Waals surface area contributed by atoms with Gasteiger partial charge >= 0.3 is 0 Å². The summed E-state index contributed by atoms with van der Waals surface area (Å²) in [6.07, 6.45) is 6.68. The van der Waals surface area contributed by atoms with E-state index in [9.17, 15) is 8.42 Å². The zero-order chi connectivity index (χ0) is 15.3. The molecular weight excluding hydrogens is 290 g/mol. The molecule has 0 spiro atoms. The number of sulfonamides is 1. The second-order valence-corrected chi connectivity index (χ2v) is 7.57. The first kappa shape index (κ1) is 16.5. The Morgan fingerprint density at radius 2 is 2.14 bits per heavy atom. The molecule has 0 aromatic carbocycles. The Kier molecular flexibility index (Phi) is 5.40. The zero-order valence-electron chi connectivity index (χ0n) is 12.8. The molecule has 6 nitrogen and oxygen atoms in total. The SMILES string of the molecule is CCCn1nccc1S(=O)(=O)NCC1(COC)CCCC1. The predicted molar refractivity (Wildman–Crippen MR) is 80.5 cm³/mol. The van der Waals surface area contributed by atoms with Crippen molar-refractivity contribution in [2.24, 2.45) is 5.41 Å². The Bertz CT molecular complexity index is 548. The van der Waals surface area contributed by atoms with Crippen LogP contribution >= 0.6 is 0 Å². The summed E-state index contributed by atoms with van der Waals surface area (Å²) in [6.45, 7) is 3.63. The van der Waals surface area contributed by atoms with E-state index >= 15 is 0 Å². The van der Waals surface area contributed by atoms with Crippen molar-refractivity contribution < 1.29 is 13.2 Å². The summed E-state index contributed by atoms with van der Waals surface area (Å²) in [7, 11) is -1.85. The van der Waals surface area contributed by atoms with Gasteiger partial charge in [0.25, 0.3) is 10.0 Å². The van der Waals surface area contributed by atoms with Crippen LogP contribution in [0, 0.1) is 5.41 Å². The molecule has 0 unspecified atom stereocenters. The van der Waals surface area contributed by atoms with Crippen molar-refractivity contribution >= 4 is 10.0 Å². The third kappa shape index (κ3) is 3.84. The second kappa shape index (κ2) is 6.89. The molecule has 2 rings (SSSR count). The molecule has 0 bridgehead atoms. The molecule has 21 heavy (non-hydrogen) atoms. The standard InChI is InChI=1S/C14H25N3O3S/c1-3-10-17-13(6-9-15-17)21(18,19)16-11-14(12-20-2)7-4-5-8-14/h6,9,16H,3-5,7-8,10-12H2,1-2H3. The number of rotatable bonds is 8. The van der Waals surface area contributed by atoms with Gasteiger partial charge in [0.15, 0.2) is 5.03 Å². The van der Waals surface area contributed by atoms with Crippen molar-refractivity contribution in [3.63, 3.8) is 0 Å². The summed E-state index contributed by atoms with van der Waals surface area (Å²) in [5, 5.41) is 4.32. The molecule has 1 aliphatic rings. The molecule has 0 radical (unpaired) electrons. The summed E-state index contributed by atoms with van der Waals surface area (Å²) in [6, 6.07) is 1.55. The highest BCUT2D eigenvalue weighted by molar-refractivity contribution is 7.89. The number of methoxy groups -OCH3 is 1. The average molecular weight is 315 g/mol. The summed E-state index contributed by atoms with van der Waals surface area (Å²) in [5.41, 5.74) is -0.0581. The van der Waals surface area contributed by atoms with Crippen LogP contribution in [0.15, 0.2) is 17.3 Å². The Balaban J connectivity index is 2.08. The van der Waals surface area contributed by atoms with Gasteiger partial charge in [0.1, 0.15) is 0 Å². The molecule has 0 aliphatic heterocycles. The summed E-state index contributed by atoms with van der Waals surface area (Å²) < 4.78 is 34.6. The van der Waals surface area contributed by atoms with Gasteiger partial charge in [-0.3, -0.25) is 4.68 Å².